The normalized spacial score (nSPS) is 19.3. The Morgan fingerprint density at radius 3 is 2.70 bits per heavy atom. The standard InChI is InChI=1S/C21H21F4N5/c22-10-14-12-27-20-19(28-14)18-15-2-1-7-29(15)8-6-16(18)30(20)9-5-13-3-4-17(26-11-13)21(23,24)25/h3-4,11-12,15H,1-2,5-10H2. The van der Waals surface area contributed by atoms with Crippen molar-refractivity contribution in [1.29, 1.82) is 0 Å². The van der Waals surface area contributed by atoms with Crippen molar-refractivity contribution in [1.82, 2.24) is 24.4 Å². The molecule has 2 aliphatic rings. The minimum absolute atomic E-state index is 0.286. The Labute approximate surface area is 170 Å². The molecule has 0 amide bonds. The number of nitrogens with zero attached hydrogens (tertiary/aromatic N) is 5. The number of pyridine rings is 1. The lowest BCUT2D eigenvalue weighted by molar-refractivity contribution is -0.141. The highest BCUT2D eigenvalue weighted by atomic mass is 19.4. The van der Waals surface area contributed by atoms with Crippen LogP contribution in [0.1, 0.15) is 47.1 Å². The maximum Gasteiger partial charge on any atom is 0.433 e. The van der Waals surface area contributed by atoms with Gasteiger partial charge in [0.2, 0.25) is 0 Å². The number of aryl methyl sites for hydroxylation is 2. The van der Waals surface area contributed by atoms with Crippen LogP contribution < -0.4 is 0 Å². The summed E-state index contributed by atoms with van der Waals surface area (Å²) in [5, 5.41) is 0. The number of fused-ring (bicyclic) bond motifs is 5. The summed E-state index contributed by atoms with van der Waals surface area (Å²) in [5.74, 6) is 0. The maximum atomic E-state index is 13.2. The molecular formula is C21H21F4N5. The largest absolute Gasteiger partial charge is 0.433 e. The maximum absolute atomic E-state index is 13.2. The van der Waals surface area contributed by atoms with E-state index in [0.717, 1.165) is 60.7 Å². The number of alkyl halides is 4. The van der Waals surface area contributed by atoms with Gasteiger partial charge in [-0.15, -0.1) is 0 Å². The number of halogens is 4. The van der Waals surface area contributed by atoms with Crippen LogP contribution >= 0.6 is 0 Å². The van der Waals surface area contributed by atoms with Crippen molar-refractivity contribution in [2.75, 3.05) is 13.1 Å². The molecule has 9 heteroatoms. The van der Waals surface area contributed by atoms with Crippen molar-refractivity contribution in [2.24, 2.45) is 0 Å². The van der Waals surface area contributed by atoms with Crippen LogP contribution in [0.2, 0.25) is 0 Å². The van der Waals surface area contributed by atoms with Crippen LogP contribution in [0.4, 0.5) is 17.6 Å². The molecule has 0 aliphatic carbocycles. The van der Waals surface area contributed by atoms with E-state index in [1.165, 1.54) is 24.2 Å². The van der Waals surface area contributed by atoms with E-state index < -0.39 is 18.5 Å². The molecule has 158 valence electrons. The minimum atomic E-state index is -4.44. The third kappa shape index (κ3) is 3.25. The van der Waals surface area contributed by atoms with Crippen molar-refractivity contribution in [2.45, 2.75) is 51.1 Å². The summed E-state index contributed by atoms with van der Waals surface area (Å²) in [6.45, 7) is 1.93. The highest BCUT2D eigenvalue weighted by molar-refractivity contribution is 5.79. The molecule has 3 aromatic heterocycles. The van der Waals surface area contributed by atoms with Crippen LogP contribution in [-0.4, -0.2) is 37.5 Å². The highest BCUT2D eigenvalue weighted by Crippen LogP contribution is 2.42. The van der Waals surface area contributed by atoms with Crippen LogP contribution in [-0.2, 0) is 32.2 Å². The molecule has 5 rings (SSSR count). The smallest absolute Gasteiger partial charge is 0.328 e. The Bertz CT molecular complexity index is 1070. The van der Waals surface area contributed by atoms with Crippen molar-refractivity contribution in [3.8, 4) is 0 Å². The Hall–Kier alpha value is -2.55. The highest BCUT2D eigenvalue weighted by Gasteiger charge is 2.36. The lowest BCUT2D eigenvalue weighted by Gasteiger charge is -2.30. The SMILES string of the molecule is FCc1cnc2c(n1)c1c(n2CCc2ccc(C(F)(F)F)nc2)CCN2CCCC12. The monoisotopic (exact) mass is 419 g/mol. The fraction of sp³-hybridized carbons (Fsp3) is 0.476. The molecule has 30 heavy (non-hydrogen) atoms. The van der Waals surface area contributed by atoms with Crippen molar-refractivity contribution < 1.29 is 17.6 Å². The third-order valence-electron chi connectivity index (χ3n) is 6.16. The van der Waals surface area contributed by atoms with Gasteiger partial charge in [-0.05, 0) is 37.4 Å². The van der Waals surface area contributed by atoms with Crippen molar-refractivity contribution in [3.05, 3.63) is 52.7 Å². The van der Waals surface area contributed by atoms with Gasteiger partial charge in [0.15, 0.2) is 5.65 Å². The summed E-state index contributed by atoms with van der Waals surface area (Å²) >= 11 is 0. The number of hydrogen-bond acceptors (Lipinski definition) is 4. The van der Waals surface area contributed by atoms with Crippen molar-refractivity contribution in [3.63, 3.8) is 0 Å². The molecule has 0 saturated carbocycles. The second kappa shape index (κ2) is 7.30. The van der Waals surface area contributed by atoms with E-state index in [1.54, 1.807) is 0 Å². The number of rotatable bonds is 4. The number of hydrogen-bond donors (Lipinski definition) is 0. The van der Waals surface area contributed by atoms with Crippen LogP contribution in [0.25, 0.3) is 11.2 Å². The van der Waals surface area contributed by atoms with Crippen molar-refractivity contribution >= 4 is 11.2 Å². The molecule has 1 atom stereocenters. The predicted octanol–water partition coefficient (Wildman–Crippen LogP) is 4.25. The van der Waals surface area contributed by atoms with Gasteiger partial charge in [-0.25, -0.2) is 14.4 Å². The topological polar surface area (TPSA) is 46.8 Å². The summed E-state index contributed by atoms with van der Waals surface area (Å²) in [5.41, 5.74) is 3.98. The fourth-order valence-electron chi connectivity index (χ4n) is 4.78. The molecule has 1 fully saturated rings. The molecule has 0 aromatic carbocycles. The van der Waals surface area contributed by atoms with E-state index in [-0.39, 0.29) is 6.04 Å². The number of aromatic nitrogens is 4. The molecule has 0 spiro atoms. The molecule has 5 nitrogen and oxygen atoms in total. The van der Waals surface area contributed by atoms with Gasteiger partial charge >= 0.3 is 6.18 Å². The zero-order valence-electron chi connectivity index (χ0n) is 16.3. The molecule has 1 unspecified atom stereocenters. The average molecular weight is 419 g/mol. The van der Waals surface area contributed by atoms with Crippen LogP contribution in [0.3, 0.4) is 0 Å². The van der Waals surface area contributed by atoms with E-state index in [9.17, 15) is 17.6 Å². The second-order valence-electron chi connectivity index (χ2n) is 7.92. The van der Waals surface area contributed by atoms with E-state index in [2.05, 4.69) is 24.4 Å². The summed E-state index contributed by atoms with van der Waals surface area (Å²) in [7, 11) is 0. The average Bonchev–Trinajstić information content (AvgIpc) is 3.33. The third-order valence-corrected chi connectivity index (χ3v) is 6.16. The Kier molecular flexibility index (Phi) is 4.72. The molecule has 5 heterocycles. The lowest BCUT2D eigenvalue weighted by atomic mass is 9.98. The summed E-state index contributed by atoms with van der Waals surface area (Å²) in [4.78, 5) is 15.1. The van der Waals surface area contributed by atoms with Gasteiger partial charge in [0.25, 0.3) is 0 Å². The van der Waals surface area contributed by atoms with Gasteiger partial charge in [-0.1, -0.05) is 6.07 Å². The first-order valence-electron chi connectivity index (χ1n) is 10.1. The van der Waals surface area contributed by atoms with Crippen LogP contribution in [0, 0.1) is 0 Å². The second-order valence-corrected chi connectivity index (χ2v) is 7.92. The first-order valence-corrected chi connectivity index (χ1v) is 10.1. The molecule has 0 N–H and O–H groups in total. The Balaban J connectivity index is 1.50. The molecule has 2 aliphatic heterocycles. The van der Waals surface area contributed by atoms with Gasteiger partial charge in [0.05, 0.1) is 11.9 Å². The first kappa shape index (κ1) is 19.4. The zero-order chi connectivity index (χ0) is 20.9. The van der Waals surface area contributed by atoms with Gasteiger partial charge in [-0.2, -0.15) is 13.2 Å². The van der Waals surface area contributed by atoms with Gasteiger partial charge in [0.1, 0.15) is 17.9 Å². The Morgan fingerprint density at radius 2 is 1.97 bits per heavy atom. The van der Waals surface area contributed by atoms with Gasteiger partial charge in [0, 0.05) is 43.0 Å². The van der Waals surface area contributed by atoms with E-state index in [4.69, 9.17) is 0 Å². The molecule has 1 saturated heterocycles. The van der Waals surface area contributed by atoms with E-state index in [1.807, 2.05) is 0 Å². The molecule has 0 bridgehead atoms. The lowest BCUT2D eigenvalue weighted by Crippen LogP contribution is -2.31. The minimum Gasteiger partial charge on any atom is -0.328 e. The molecular weight excluding hydrogens is 398 g/mol. The summed E-state index contributed by atoms with van der Waals surface area (Å²) < 4.78 is 53.6. The zero-order valence-corrected chi connectivity index (χ0v) is 16.3. The summed E-state index contributed by atoms with van der Waals surface area (Å²) in [6, 6.07) is 2.77. The van der Waals surface area contributed by atoms with Crippen LogP contribution in [0.5, 0.6) is 0 Å². The predicted molar refractivity (Wildman–Crippen MR) is 103 cm³/mol. The quantitative estimate of drug-likeness (QED) is 0.594. The van der Waals surface area contributed by atoms with E-state index in [0.29, 0.717) is 18.7 Å². The van der Waals surface area contributed by atoms with Gasteiger partial charge in [-0.3, -0.25) is 9.88 Å². The first-order chi connectivity index (χ1) is 14.5. The van der Waals surface area contributed by atoms with E-state index >= 15 is 0 Å². The molecule has 0 radical (unpaired) electrons. The fourth-order valence-corrected chi connectivity index (χ4v) is 4.78. The van der Waals surface area contributed by atoms with Crippen LogP contribution in [0.15, 0.2) is 24.5 Å². The molecule has 3 aromatic rings. The summed E-state index contributed by atoms with van der Waals surface area (Å²) in [6.07, 6.45) is 1.89. The Morgan fingerprint density at radius 1 is 1.10 bits per heavy atom. The van der Waals surface area contributed by atoms with Gasteiger partial charge < -0.3 is 4.57 Å².